The van der Waals surface area contributed by atoms with Crippen LogP contribution in [0.5, 0.6) is 5.75 Å². The summed E-state index contributed by atoms with van der Waals surface area (Å²) < 4.78 is 8.05. The van der Waals surface area contributed by atoms with Crippen molar-refractivity contribution in [3.63, 3.8) is 0 Å². The lowest BCUT2D eigenvalue weighted by Crippen LogP contribution is -2.20. The normalized spacial score (nSPS) is 10.3. The lowest BCUT2D eigenvalue weighted by molar-refractivity contribution is -0.118. The van der Waals surface area contributed by atoms with E-state index in [0.29, 0.717) is 11.4 Å². The van der Waals surface area contributed by atoms with Gasteiger partial charge in [-0.05, 0) is 80.7 Å². The third kappa shape index (κ3) is 4.83. The number of carbonyl (C=O) groups is 1. The molecule has 0 aromatic heterocycles. The van der Waals surface area contributed by atoms with Crippen LogP contribution in [0, 0.1) is 6.92 Å². The van der Waals surface area contributed by atoms with Gasteiger partial charge in [0.15, 0.2) is 6.61 Å². The maximum Gasteiger partial charge on any atom is 0.262 e. The van der Waals surface area contributed by atoms with Gasteiger partial charge >= 0.3 is 0 Å². The average Bonchev–Trinajstić information content (AvgIpc) is 2.42. The first-order valence-electron chi connectivity index (χ1n) is 6.09. The molecule has 0 saturated heterocycles. The Morgan fingerprint density at radius 2 is 1.67 bits per heavy atom. The van der Waals surface area contributed by atoms with E-state index in [1.54, 1.807) is 12.1 Å². The van der Waals surface area contributed by atoms with E-state index in [4.69, 9.17) is 4.74 Å². The van der Waals surface area contributed by atoms with E-state index < -0.39 is 0 Å². The highest BCUT2D eigenvalue weighted by Crippen LogP contribution is 2.32. The molecule has 0 aliphatic rings. The Kier molecular flexibility index (Phi) is 5.84. The topological polar surface area (TPSA) is 38.3 Å². The van der Waals surface area contributed by atoms with Crippen molar-refractivity contribution in [3.05, 3.63) is 55.4 Å². The summed E-state index contributed by atoms with van der Waals surface area (Å²) in [6.45, 7) is 1.94. The Balaban J connectivity index is 1.97. The molecule has 3 nitrogen and oxygen atoms in total. The molecule has 0 radical (unpaired) electrons. The maximum absolute atomic E-state index is 12.0. The standard InChI is InChI=1S/C15H12Br3NO2/c1-9-6-12(17)15(13(18)7-9)19-14(20)8-21-11-4-2-10(16)3-5-11/h2-7H,8H2,1H3,(H,19,20). The largest absolute Gasteiger partial charge is 0.484 e. The number of hydrogen-bond donors (Lipinski definition) is 1. The molecular weight excluding hydrogens is 466 g/mol. The third-order valence-electron chi connectivity index (χ3n) is 2.63. The molecule has 1 amide bonds. The molecule has 2 aromatic rings. The van der Waals surface area contributed by atoms with Crippen LogP contribution in [0.25, 0.3) is 0 Å². The van der Waals surface area contributed by atoms with Crippen molar-refractivity contribution in [2.45, 2.75) is 6.92 Å². The minimum atomic E-state index is -0.219. The van der Waals surface area contributed by atoms with Crippen LogP contribution in [0.4, 0.5) is 5.69 Å². The van der Waals surface area contributed by atoms with Gasteiger partial charge in [0, 0.05) is 13.4 Å². The molecule has 0 saturated carbocycles. The van der Waals surface area contributed by atoms with E-state index >= 15 is 0 Å². The predicted molar refractivity (Wildman–Crippen MR) is 94.8 cm³/mol. The number of hydrogen-bond acceptors (Lipinski definition) is 2. The molecule has 0 aliphatic heterocycles. The Morgan fingerprint density at radius 3 is 2.24 bits per heavy atom. The van der Waals surface area contributed by atoms with Crippen molar-refractivity contribution in [1.82, 2.24) is 0 Å². The molecule has 0 heterocycles. The summed E-state index contributed by atoms with van der Waals surface area (Å²) in [5.74, 6) is 0.429. The number of carbonyl (C=O) groups excluding carboxylic acids is 1. The second kappa shape index (κ2) is 7.42. The monoisotopic (exact) mass is 475 g/mol. The highest BCUT2D eigenvalue weighted by Gasteiger charge is 2.10. The van der Waals surface area contributed by atoms with Crippen LogP contribution in [0.15, 0.2) is 49.8 Å². The van der Waals surface area contributed by atoms with Gasteiger partial charge in [0.2, 0.25) is 0 Å². The number of benzene rings is 2. The van der Waals surface area contributed by atoms with Gasteiger partial charge in [-0.25, -0.2) is 0 Å². The number of aryl methyl sites for hydroxylation is 1. The summed E-state index contributed by atoms with van der Waals surface area (Å²) >= 11 is 10.2. The van der Waals surface area contributed by atoms with Crippen LogP contribution in [0.2, 0.25) is 0 Å². The first-order chi connectivity index (χ1) is 9.95. The summed E-state index contributed by atoms with van der Waals surface area (Å²) in [6.07, 6.45) is 0. The fraction of sp³-hybridized carbons (Fsp3) is 0.133. The van der Waals surface area contributed by atoms with Crippen LogP contribution < -0.4 is 10.1 Å². The molecular formula is C15H12Br3NO2. The number of ether oxygens (including phenoxy) is 1. The van der Waals surface area contributed by atoms with Gasteiger partial charge in [-0.1, -0.05) is 15.9 Å². The molecule has 0 spiro atoms. The van der Waals surface area contributed by atoms with E-state index in [2.05, 4.69) is 53.1 Å². The molecule has 6 heteroatoms. The predicted octanol–water partition coefficient (Wildman–Crippen LogP) is 5.30. The SMILES string of the molecule is Cc1cc(Br)c(NC(=O)COc2ccc(Br)cc2)c(Br)c1. The van der Waals surface area contributed by atoms with Gasteiger partial charge in [0.1, 0.15) is 5.75 Å². The van der Waals surface area contributed by atoms with Crippen LogP contribution in [0.3, 0.4) is 0 Å². The van der Waals surface area contributed by atoms with E-state index in [0.717, 1.165) is 19.0 Å². The summed E-state index contributed by atoms with van der Waals surface area (Å²) in [6, 6.07) is 11.2. The smallest absolute Gasteiger partial charge is 0.262 e. The zero-order valence-electron chi connectivity index (χ0n) is 11.1. The van der Waals surface area contributed by atoms with Crippen LogP contribution in [0.1, 0.15) is 5.56 Å². The van der Waals surface area contributed by atoms with Gasteiger partial charge in [0.05, 0.1) is 5.69 Å². The van der Waals surface area contributed by atoms with E-state index in [1.165, 1.54) is 0 Å². The molecule has 0 atom stereocenters. The minimum Gasteiger partial charge on any atom is -0.484 e. The van der Waals surface area contributed by atoms with Gasteiger partial charge in [-0.3, -0.25) is 4.79 Å². The molecule has 0 unspecified atom stereocenters. The summed E-state index contributed by atoms with van der Waals surface area (Å²) in [7, 11) is 0. The second-order valence-electron chi connectivity index (χ2n) is 4.39. The van der Waals surface area contributed by atoms with Crippen molar-refractivity contribution in [3.8, 4) is 5.75 Å². The number of amides is 1. The maximum atomic E-state index is 12.0. The van der Waals surface area contributed by atoms with E-state index in [-0.39, 0.29) is 12.5 Å². The Hall–Kier alpha value is -0.850. The quantitative estimate of drug-likeness (QED) is 0.649. The fourth-order valence-electron chi connectivity index (χ4n) is 1.67. The Morgan fingerprint density at radius 1 is 1.10 bits per heavy atom. The lowest BCUT2D eigenvalue weighted by atomic mass is 10.2. The Bertz CT molecular complexity index is 633. The molecule has 110 valence electrons. The first kappa shape index (κ1) is 16.5. The van der Waals surface area contributed by atoms with Crippen molar-refractivity contribution in [2.24, 2.45) is 0 Å². The average molecular weight is 478 g/mol. The van der Waals surface area contributed by atoms with Crippen LogP contribution >= 0.6 is 47.8 Å². The molecule has 0 aliphatic carbocycles. The zero-order valence-corrected chi connectivity index (χ0v) is 15.9. The zero-order chi connectivity index (χ0) is 15.4. The first-order valence-corrected chi connectivity index (χ1v) is 8.47. The molecule has 2 aromatic carbocycles. The highest BCUT2D eigenvalue weighted by molar-refractivity contribution is 9.11. The highest BCUT2D eigenvalue weighted by atomic mass is 79.9. The van der Waals surface area contributed by atoms with Crippen molar-refractivity contribution in [1.29, 1.82) is 0 Å². The molecule has 2 rings (SSSR count). The number of nitrogens with one attached hydrogen (secondary N) is 1. The summed E-state index contributed by atoms with van der Waals surface area (Å²) in [4.78, 5) is 12.0. The van der Waals surface area contributed by atoms with Crippen molar-refractivity contribution >= 4 is 59.4 Å². The van der Waals surface area contributed by atoms with Crippen molar-refractivity contribution in [2.75, 3.05) is 11.9 Å². The minimum absolute atomic E-state index is 0.0472. The van der Waals surface area contributed by atoms with Gasteiger partial charge in [0.25, 0.3) is 5.91 Å². The molecule has 0 bridgehead atoms. The number of halogens is 3. The number of rotatable bonds is 4. The van der Waals surface area contributed by atoms with Gasteiger partial charge in [-0.2, -0.15) is 0 Å². The molecule has 0 fully saturated rings. The van der Waals surface area contributed by atoms with Crippen LogP contribution in [-0.4, -0.2) is 12.5 Å². The second-order valence-corrected chi connectivity index (χ2v) is 7.02. The molecule has 1 N–H and O–H groups in total. The van der Waals surface area contributed by atoms with Crippen LogP contribution in [-0.2, 0) is 4.79 Å². The van der Waals surface area contributed by atoms with E-state index in [1.807, 2.05) is 31.2 Å². The third-order valence-corrected chi connectivity index (χ3v) is 4.41. The summed E-state index contributed by atoms with van der Waals surface area (Å²) in [5.41, 5.74) is 1.79. The van der Waals surface area contributed by atoms with E-state index in [9.17, 15) is 4.79 Å². The van der Waals surface area contributed by atoms with Gasteiger partial charge < -0.3 is 10.1 Å². The Labute approximate surface area is 148 Å². The van der Waals surface area contributed by atoms with Crippen molar-refractivity contribution < 1.29 is 9.53 Å². The molecule has 21 heavy (non-hydrogen) atoms. The lowest BCUT2D eigenvalue weighted by Gasteiger charge is -2.11. The fourth-order valence-corrected chi connectivity index (χ4v) is 3.55. The summed E-state index contributed by atoms with van der Waals surface area (Å²) in [5, 5.41) is 2.82. The number of anilines is 1. The van der Waals surface area contributed by atoms with Gasteiger partial charge in [-0.15, -0.1) is 0 Å².